The number of hydrogen-bond acceptors (Lipinski definition) is 3. The maximum atomic E-state index is 6.57. The molecule has 0 aliphatic carbocycles. The summed E-state index contributed by atoms with van der Waals surface area (Å²) < 4.78 is 11.2. The zero-order chi connectivity index (χ0) is 14.1. The first kappa shape index (κ1) is 13.8. The van der Waals surface area contributed by atoms with E-state index in [4.69, 9.17) is 20.8 Å². The lowest BCUT2D eigenvalue weighted by atomic mass is 9.92. The van der Waals surface area contributed by atoms with E-state index in [1.54, 1.807) is 7.11 Å². The van der Waals surface area contributed by atoms with E-state index in [1.807, 2.05) is 19.1 Å². The third-order valence-corrected chi connectivity index (χ3v) is 4.48. The summed E-state index contributed by atoms with van der Waals surface area (Å²) >= 11 is 6.57. The van der Waals surface area contributed by atoms with Gasteiger partial charge in [0.05, 0.1) is 12.1 Å². The maximum absolute atomic E-state index is 6.57. The van der Waals surface area contributed by atoms with Crippen LogP contribution in [-0.2, 0) is 6.42 Å². The van der Waals surface area contributed by atoms with Crippen LogP contribution in [0.4, 0.5) is 0 Å². The SMILES string of the molecule is COc1cc(CC2CCCNC2)c(Cl)c2cc(C)oc12. The van der Waals surface area contributed by atoms with Crippen LogP contribution in [0.3, 0.4) is 0 Å². The Kier molecular flexibility index (Phi) is 3.90. The van der Waals surface area contributed by atoms with Crippen LogP contribution in [0.15, 0.2) is 16.5 Å². The second-order valence-electron chi connectivity index (χ2n) is 5.57. The molecule has 1 atom stereocenters. The number of benzene rings is 1. The first-order valence-corrected chi connectivity index (χ1v) is 7.53. The van der Waals surface area contributed by atoms with E-state index < -0.39 is 0 Å². The van der Waals surface area contributed by atoms with E-state index in [1.165, 1.54) is 12.8 Å². The molecule has 0 spiro atoms. The van der Waals surface area contributed by atoms with Gasteiger partial charge in [0, 0.05) is 5.39 Å². The van der Waals surface area contributed by atoms with Crippen molar-refractivity contribution in [1.29, 1.82) is 0 Å². The number of aryl methyl sites for hydroxylation is 1. The number of piperidine rings is 1. The highest BCUT2D eigenvalue weighted by molar-refractivity contribution is 6.36. The summed E-state index contributed by atoms with van der Waals surface area (Å²) in [6.45, 7) is 4.13. The van der Waals surface area contributed by atoms with Gasteiger partial charge in [-0.15, -0.1) is 0 Å². The van der Waals surface area contributed by atoms with Crippen LogP contribution in [0.2, 0.25) is 5.02 Å². The van der Waals surface area contributed by atoms with Crippen LogP contribution in [0.25, 0.3) is 11.0 Å². The monoisotopic (exact) mass is 293 g/mol. The molecular weight excluding hydrogens is 274 g/mol. The zero-order valence-corrected chi connectivity index (χ0v) is 12.7. The Balaban J connectivity index is 1.99. The molecule has 20 heavy (non-hydrogen) atoms. The van der Waals surface area contributed by atoms with Crippen molar-refractivity contribution < 1.29 is 9.15 Å². The van der Waals surface area contributed by atoms with Crippen molar-refractivity contribution in [3.8, 4) is 5.75 Å². The Morgan fingerprint density at radius 1 is 1.45 bits per heavy atom. The molecule has 1 aliphatic heterocycles. The van der Waals surface area contributed by atoms with Crippen LogP contribution in [0.1, 0.15) is 24.2 Å². The van der Waals surface area contributed by atoms with Gasteiger partial charge in [-0.1, -0.05) is 11.6 Å². The number of furan rings is 1. The summed E-state index contributed by atoms with van der Waals surface area (Å²) in [5, 5.41) is 5.22. The van der Waals surface area contributed by atoms with Gasteiger partial charge in [0.25, 0.3) is 0 Å². The van der Waals surface area contributed by atoms with Gasteiger partial charge >= 0.3 is 0 Å². The van der Waals surface area contributed by atoms with Crippen LogP contribution in [0.5, 0.6) is 5.75 Å². The summed E-state index contributed by atoms with van der Waals surface area (Å²) in [4.78, 5) is 0. The van der Waals surface area contributed by atoms with Crippen molar-refractivity contribution in [3.05, 3.63) is 28.5 Å². The number of halogens is 1. The number of rotatable bonds is 3. The molecule has 1 aromatic carbocycles. The Labute approximate surface area is 124 Å². The van der Waals surface area contributed by atoms with Gasteiger partial charge in [-0.3, -0.25) is 0 Å². The van der Waals surface area contributed by atoms with E-state index in [0.29, 0.717) is 5.92 Å². The molecule has 3 rings (SSSR count). The van der Waals surface area contributed by atoms with Gasteiger partial charge in [0.2, 0.25) is 0 Å². The molecular formula is C16H20ClNO2. The fraction of sp³-hybridized carbons (Fsp3) is 0.500. The second-order valence-corrected chi connectivity index (χ2v) is 5.95. The third kappa shape index (κ3) is 2.52. The number of methoxy groups -OCH3 is 1. The summed E-state index contributed by atoms with van der Waals surface area (Å²) in [5.41, 5.74) is 1.91. The van der Waals surface area contributed by atoms with Crippen LogP contribution < -0.4 is 10.1 Å². The van der Waals surface area contributed by atoms with Crippen LogP contribution >= 0.6 is 11.6 Å². The summed E-state index contributed by atoms with van der Waals surface area (Å²) in [5.74, 6) is 2.28. The quantitative estimate of drug-likeness (QED) is 0.930. The van der Waals surface area contributed by atoms with Crippen LogP contribution in [-0.4, -0.2) is 20.2 Å². The largest absolute Gasteiger partial charge is 0.493 e. The lowest BCUT2D eigenvalue weighted by Gasteiger charge is -2.23. The van der Waals surface area contributed by atoms with Crippen molar-refractivity contribution in [1.82, 2.24) is 5.32 Å². The topological polar surface area (TPSA) is 34.4 Å². The predicted molar refractivity (Wildman–Crippen MR) is 81.8 cm³/mol. The van der Waals surface area contributed by atoms with E-state index >= 15 is 0 Å². The van der Waals surface area contributed by atoms with Crippen molar-refractivity contribution in [3.63, 3.8) is 0 Å². The minimum absolute atomic E-state index is 0.649. The fourth-order valence-electron chi connectivity index (χ4n) is 3.03. The van der Waals surface area contributed by atoms with Crippen molar-refractivity contribution in [2.24, 2.45) is 5.92 Å². The molecule has 4 heteroatoms. The Hall–Kier alpha value is -1.19. The highest BCUT2D eigenvalue weighted by Gasteiger charge is 2.19. The molecule has 0 saturated carbocycles. The molecule has 1 aliphatic rings. The zero-order valence-electron chi connectivity index (χ0n) is 12.0. The average molecular weight is 294 g/mol. The van der Waals surface area contributed by atoms with Gasteiger partial charge in [0.1, 0.15) is 5.76 Å². The molecule has 0 radical (unpaired) electrons. The highest BCUT2D eigenvalue weighted by atomic mass is 35.5. The van der Waals surface area contributed by atoms with Gasteiger partial charge in [-0.05, 0) is 62.9 Å². The first-order valence-electron chi connectivity index (χ1n) is 7.15. The lowest BCUT2D eigenvalue weighted by Crippen LogP contribution is -2.30. The molecule has 1 fully saturated rings. The number of ether oxygens (including phenoxy) is 1. The van der Waals surface area contributed by atoms with Crippen molar-refractivity contribution in [2.45, 2.75) is 26.2 Å². The fourth-order valence-corrected chi connectivity index (χ4v) is 3.30. The Morgan fingerprint density at radius 3 is 3.00 bits per heavy atom. The lowest BCUT2D eigenvalue weighted by molar-refractivity contribution is 0.374. The van der Waals surface area contributed by atoms with Crippen LogP contribution in [0, 0.1) is 12.8 Å². The van der Waals surface area contributed by atoms with Gasteiger partial charge in [-0.25, -0.2) is 0 Å². The molecule has 1 saturated heterocycles. The predicted octanol–water partition coefficient (Wildman–Crippen LogP) is 3.95. The molecule has 2 aromatic rings. The van der Waals surface area contributed by atoms with Crippen molar-refractivity contribution in [2.75, 3.05) is 20.2 Å². The summed E-state index contributed by atoms with van der Waals surface area (Å²) in [6.07, 6.45) is 3.49. The molecule has 108 valence electrons. The molecule has 1 N–H and O–H groups in total. The Morgan fingerprint density at radius 2 is 2.30 bits per heavy atom. The minimum atomic E-state index is 0.649. The normalized spacial score (nSPS) is 19.4. The van der Waals surface area contributed by atoms with E-state index in [2.05, 4.69) is 5.32 Å². The minimum Gasteiger partial charge on any atom is -0.493 e. The van der Waals surface area contributed by atoms with E-state index in [9.17, 15) is 0 Å². The summed E-state index contributed by atoms with van der Waals surface area (Å²) in [7, 11) is 1.67. The van der Waals surface area contributed by atoms with Gasteiger partial charge in [-0.2, -0.15) is 0 Å². The molecule has 1 unspecified atom stereocenters. The molecule has 2 heterocycles. The average Bonchev–Trinajstić information content (AvgIpc) is 2.85. The number of hydrogen-bond donors (Lipinski definition) is 1. The molecule has 3 nitrogen and oxygen atoms in total. The van der Waals surface area contributed by atoms with E-state index in [0.717, 1.165) is 52.6 Å². The summed E-state index contributed by atoms with van der Waals surface area (Å²) in [6, 6.07) is 4.02. The molecule has 1 aromatic heterocycles. The maximum Gasteiger partial charge on any atom is 0.177 e. The van der Waals surface area contributed by atoms with E-state index in [-0.39, 0.29) is 0 Å². The number of fused-ring (bicyclic) bond motifs is 1. The van der Waals surface area contributed by atoms with Crippen molar-refractivity contribution >= 4 is 22.6 Å². The molecule has 0 amide bonds. The standard InChI is InChI=1S/C16H20ClNO2/c1-10-6-13-15(17)12(7-11-4-3-5-18-9-11)8-14(19-2)16(13)20-10/h6,8,11,18H,3-5,7,9H2,1-2H3. The third-order valence-electron chi connectivity index (χ3n) is 4.03. The molecule has 0 bridgehead atoms. The van der Waals surface area contributed by atoms with Gasteiger partial charge < -0.3 is 14.5 Å². The second kappa shape index (κ2) is 5.66. The van der Waals surface area contributed by atoms with Gasteiger partial charge in [0.15, 0.2) is 11.3 Å². The smallest absolute Gasteiger partial charge is 0.177 e. The first-order chi connectivity index (χ1) is 9.69. The Bertz CT molecular complexity index is 614. The highest BCUT2D eigenvalue weighted by Crippen LogP contribution is 2.38. The number of nitrogens with one attached hydrogen (secondary N) is 1.